The number of rotatable bonds is 3. The van der Waals surface area contributed by atoms with Crippen molar-refractivity contribution in [1.29, 1.82) is 0 Å². The second-order valence-corrected chi connectivity index (χ2v) is 6.88. The number of fused-ring (bicyclic) bond motifs is 1. The molecule has 0 saturated carbocycles. The number of aliphatic hydroxyl groups excluding tert-OH is 1. The zero-order chi connectivity index (χ0) is 15.5. The Bertz CT molecular complexity index is 668. The van der Waals surface area contributed by atoms with Gasteiger partial charge in [-0.05, 0) is 36.6 Å². The second-order valence-electron chi connectivity index (χ2n) is 5.51. The fourth-order valence-electron chi connectivity index (χ4n) is 2.94. The molecule has 0 aliphatic carbocycles. The van der Waals surface area contributed by atoms with Crippen molar-refractivity contribution >= 4 is 17.4 Å². The molecule has 4 nitrogen and oxygen atoms in total. The van der Waals surface area contributed by atoms with Gasteiger partial charge in [-0.2, -0.15) is 0 Å². The summed E-state index contributed by atoms with van der Waals surface area (Å²) in [5.41, 5.74) is 2.28. The van der Waals surface area contributed by atoms with E-state index in [1.165, 1.54) is 10.4 Å². The van der Waals surface area contributed by atoms with Gasteiger partial charge in [-0.25, -0.2) is 4.79 Å². The lowest BCUT2D eigenvalue weighted by Crippen LogP contribution is -2.46. The molecule has 5 heteroatoms. The normalized spacial score (nSPS) is 17.2. The number of hydrogen-bond acceptors (Lipinski definition) is 3. The van der Waals surface area contributed by atoms with E-state index in [1.807, 2.05) is 24.3 Å². The first kappa shape index (κ1) is 15.1. The molecule has 0 bridgehead atoms. The molecule has 22 heavy (non-hydrogen) atoms. The van der Waals surface area contributed by atoms with Crippen molar-refractivity contribution in [3.63, 3.8) is 0 Å². The van der Waals surface area contributed by atoms with Crippen LogP contribution in [-0.4, -0.2) is 29.2 Å². The summed E-state index contributed by atoms with van der Waals surface area (Å²) >= 11 is 1.69. The molecule has 1 aliphatic rings. The van der Waals surface area contributed by atoms with E-state index in [9.17, 15) is 9.90 Å². The summed E-state index contributed by atoms with van der Waals surface area (Å²) in [7, 11) is 0. The minimum absolute atomic E-state index is 0.0530. The van der Waals surface area contributed by atoms with Gasteiger partial charge in [-0.1, -0.05) is 24.3 Å². The first-order chi connectivity index (χ1) is 10.7. The summed E-state index contributed by atoms with van der Waals surface area (Å²) in [6.07, 6.45) is 0.832. The highest BCUT2D eigenvalue weighted by atomic mass is 32.1. The molecule has 2 N–H and O–H groups in total. The van der Waals surface area contributed by atoms with Gasteiger partial charge in [0.05, 0.1) is 19.2 Å². The average Bonchev–Trinajstić information content (AvgIpc) is 2.97. The highest BCUT2D eigenvalue weighted by Gasteiger charge is 2.29. The number of urea groups is 1. The van der Waals surface area contributed by atoms with Crippen LogP contribution in [0.1, 0.15) is 26.9 Å². The van der Waals surface area contributed by atoms with Gasteiger partial charge in [-0.3, -0.25) is 0 Å². The molecule has 1 aromatic carbocycles. The third kappa shape index (κ3) is 3.00. The van der Waals surface area contributed by atoms with Gasteiger partial charge in [0.15, 0.2) is 0 Å². The largest absolute Gasteiger partial charge is 0.394 e. The quantitative estimate of drug-likeness (QED) is 0.915. The van der Waals surface area contributed by atoms with E-state index >= 15 is 0 Å². The number of thiophene rings is 1. The molecule has 1 aliphatic heterocycles. The Morgan fingerprint density at radius 1 is 1.36 bits per heavy atom. The standard InChI is InChI=1S/C17H20N2O2S/c1-12-6-7-14(22-12)10-18-17(21)19-9-8-13-4-2-3-5-15(13)16(19)11-20/h2-7,16,20H,8-11H2,1H3,(H,18,21)/t16-/m0/s1. The van der Waals surface area contributed by atoms with Crippen molar-refractivity contribution in [3.05, 3.63) is 57.3 Å². The molecule has 0 saturated heterocycles. The minimum Gasteiger partial charge on any atom is -0.394 e. The molecule has 0 radical (unpaired) electrons. The van der Waals surface area contributed by atoms with Crippen LogP contribution in [0, 0.1) is 6.92 Å². The van der Waals surface area contributed by atoms with Crippen LogP contribution in [0.5, 0.6) is 0 Å². The number of nitrogens with zero attached hydrogens (tertiary/aromatic N) is 1. The molecule has 0 fully saturated rings. The fourth-order valence-corrected chi connectivity index (χ4v) is 3.77. The van der Waals surface area contributed by atoms with Crippen molar-refractivity contribution in [3.8, 4) is 0 Å². The molecular formula is C17H20N2O2S. The number of benzene rings is 1. The lowest BCUT2D eigenvalue weighted by molar-refractivity contribution is 0.127. The van der Waals surface area contributed by atoms with Gasteiger partial charge in [0.1, 0.15) is 0 Å². The van der Waals surface area contributed by atoms with Gasteiger partial charge < -0.3 is 15.3 Å². The fraction of sp³-hybridized carbons (Fsp3) is 0.353. The Labute approximate surface area is 134 Å². The van der Waals surface area contributed by atoms with Gasteiger partial charge in [0.25, 0.3) is 0 Å². The van der Waals surface area contributed by atoms with Crippen LogP contribution >= 0.6 is 11.3 Å². The Hall–Kier alpha value is -1.85. The number of hydrogen-bond donors (Lipinski definition) is 2. The zero-order valence-electron chi connectivity index (χ0n) is 12.6. The maximum absolute atomic E-state index is 12.5. The highest BCUT2D eigenvalue weighted by Crippen LogP contribution is 2.29. The molecule has 3 rings (SSSR count). The Balaban J connectivity index is 1.70. The highest BCUT2D eigenvalue weighted by molar-refractivity contribution is 7.11. The van der Waals surface area contributed by atoms with Gasteiger partial charge in [0, 0.05) is 16.3 Å². The number of aliphatic hydroxyl groups is 1. The van der Waals surface area contributed by atoms with Crippen molar-refractivity contribution in [2.24, 2.45) is 0 Å². The summed E-state index contributed by atoms with van der Waals surface area (Å²) < 4.78 is 0. The number of amides is 2. The number of nitrogens with one attached hydrogen (secondary N) is 1. The molecule has 2 aromatic rings. The van der Waals surface area contributed by atoms with E-state index in [1.54, 1.807) is 16.2 Å². The van der Waals surface area contributed by atoms with E-state index < -0.39 is 0 Å². The average molecular weight is 316 g/mol. The molecule has 1 aromatic heterocycles. The van der Waals surface area contributed by atoms with Crippen LogP contribution in [0.2, 0.25) is 0 Å². The Kier molecular flexibility index (Phi) is 4.45. The van der Waals surface area contributed by atoms with Gasteiger partial charge in [-0.15, -0.1) is 11.3 Å². The smallest absolute Gasteiger partial charge is 0.318 e. The third-order valence-corrected chi connectivity index (χ3v) is 5.06. The van der Waals surface area contributed by atoms with E-state index in [0.717, 1.165) is 16.9 Å². The van der Waals surface area contributed by atoms with E-state index in [0.29, 0.717) is 13.1 Å². The molecule has 2 heterocycles. The van der Waals surface area contributed by atoms with Gasteiger partial charge in [0.2, 0.25) is 0 Å². The van der Waals surface area contributed by atoms with Crippen molar-refractivity contribution < 1.29 is 9.90 Å². The number of carbonyl (C=O) groups is 1. The summed E-state index contributed by atoms with van der Waals surface area (Å²) in [6.45, 7) is 3.17. The summed E-state index contributed by atoms with van der Waals surface area (Å²) in [5.74, 6) is 0. The predicted octanol–water partition coefficient (Wildman–Crippen LogP) is 2.86. The molecule has 0 spiro atoms. The van der Waals surface area contributed by atoms with E-state index in [-0.39, 0.29) is 18.7 Å². The zero-order valence-corrected chi connectivity index (χ0v) is 13.4. The first-order valence-electron chi connectivity index (χ1n) is 7.47. The van der Waals surface area contributed by atoms with Crippen LogP contribution in [0.15, 0.2) is 36.4 Å². The van der Waals surface area contributed by atoms with Crippen molar-refractivity contribution in [2.45, 2.75) is 25.9 Å². The van der Waals surface area contributed by atoms with Gasteiger partial charge >= 0.3 is 6.03 Å². The third-order valence-electron chi connectivity index (χ3n) is 4.06. The van der Waals surface area contributed by atoms with E-state index in [4.69, 9.17) is 0 Å². The number of aryl methyl sites for hydroxylation is 1. The van der Waals surface area contributed by atoms with Crippen LogP contribution in [0.4, 0.5) is 4.79 Å². The first-order valence-corrected chi connectivity index (χ1v) is 8.29. The Morgan fingerprint density at radius 3 is 2.91 bits per heavy atom. The summed E-state index contributed by atoms with van der Waals surface area (Å²) in [5, 5.41) is 12.7. The second kappa shape index (κ2) is 6.50. The van der Waals surface area contributed by atoms with Crippen LogP contribution < -0.4 is 5.32 Å². The molecule has 0 unspecified atom stereocenters. The molecule has 1 atom stereocenters. The maximum Gasteiger partial charge on any atom is 0.318 e. The maximum atomic E-state index is 12.5. The summed E-state index contributed by atoms with van der Waals surface area (Å²) in [6, 6.07) is 11.8. The van der Waals surface area contributed by atoms with Crippen LogP contribution in [-0.2, 0) is 13.0 Å². The van der Waals surface area contributed by atoms with Crippen LogP contribution in [0.25, 0.3) is 0 Å². The summed E-state index contributed by atoms with van der Waals surface area (Å²) in [4.78, 5) is 16.6. The minimum atomic E-state index is -0.255. The topological polar surface area (TPSA) is 52.6 Å². The SMILES string of the molecule is Cc1ccc(CNC(=O)N2CCc3ccccc3[C@@H]2CO)s1. The predicted molar refractivity (Wildman–Crippen MR) is 88.0 cm³/mol. The Morgan fingerprint density at radius 2 is 2.18 bits per heavy atom. The lowest BCUT2D eigenvalue weighted by Gasteiger charge is -2.36. The molecule has 116 valence electrons. The van der Waals surface area contributed by atoms with E-state index in [2.05, 4.69) is 24.4 Å². The molecular weight excluding hydrogens is 296 g/mol. The monoisotopic (exact) mass is 316 g/mol. The van der Waals surface area contributed by atoms with Crippen LogP contribution in [0.3, 0.4) is 0 Å². The van der Waals surface area contributed by atoms with Crippen molar-refractivity contribution in [1.82, 2.24) is 10.2 Å². The number of carbonyl (C=O) groups excluding carboxylic acids is 1. The molecule has 2 amide bonds. The lowest BCUT2D eigenvalue weighted by atomic mass is 9.93. The van der Waals surface area contributed by atoms with Crippen molar-refractivity contribution in [2.75, 3.05) is 13.2 Å².